The van der Waals surface area contributed by atoms with Crippen LogP contribution in [0.4, 0.5) is 0 Å². The van der Waals surface area contributed by atoms with Gasteiger partial charge >= 0.3 is 0 Å². The number of carbonyl (C=O) groups excluding carboxylic acids is 1. The second-order valence-corrected chi connectivity index (χ2v) is 8.19. The van der Waals surface area contributed by atoms with Crippen molar-refractivity contribution in [2.24, 2.45) is 11.8 Å². The summed E-state index contributed by atoms with van der Waals surface area (Å²) in [5.41, 5.74) is 0. The smallest absolute Gasteiger partial charge is 0.225 e. The van der Waals surface area contributed by atoms with Gasteiger partial charge in [0.25, 0.3) is 0 Å². The monoisotopic (exact) mass is 345 g/mol. The van der Waals surface area contributed by atoms with E-state index in [0.29, 0.717) is 11.8 Å². The van der Waals surface area contributed by atoms with Crippen LogP contribution in [0.25, 0.3) is 0 Å². The Bertz CT molecular complexity index is 599. The molecule has 2 aliphatic heterocycles. The quantitative estimate of drug-likeness (QED) is 0.909. The summed E-state index contributed by atoms with van der Waals surface area (Å²) >= 11 is 0. The van der Waals surface area contributed by atoms with Crippen molar-refractivity contribution in [3.8, 4) is 0 Å². The van der Waals surface area contributed by atoms with Crippen molar-refractivity contribution < 1.29 is 4.79 Å². The molecule has 0 bridgehead atoms. The lowest BCUT2D eigenvalue weighted by Crippen LogP contribution is -2.41. The topological polar surface area (TPSA) is 63.1 Å². The standard InChI is InChI=1S/C19H31N5O/c1-14(12-15-4-2-3-5-15)19(25)23-9-6-16(7-10-23)18-22-21-17-13-20-8-11-24(17)18/h14-16,20H,2-13H2,1H3. The Kier molecular flexibility index (Phi) is 5.06. The first-order valence-corrected chi connectivity index (χ1v) is 10.1. The molecule has 0 radical (unpaired) electrons. The molecule has 4 rings (SSSR count). The van der Waals surface area contributed by atoms with Gasteiger partial charge in [-0.15, -0.1) is 10.2 Å². The summed E-state index contributed by atoms with van der Waals surface area (Å²) in [6, 6.07) is 0. The Hall–Kier alpha value is -1.43. The number of nitrogens with zero attached hydrogens (tertiary/aromatic N) is 4. The molecule has 3 heterocycles. The predicted octanol–water partition coefficient (Wildman–Crippen LogP) is 2.30. The van der Waals surface area contributed by atoms with Gasteiger partial charge in [0, 0.05) is 38.0 Å². The van der Waals surface area contributed by atoms with Crippen LogP contribution in [0.1, 0.15) is 69.4 Å². The summed E-state index contributed by atoms with van der Waals surface area (Å²) in [7, 11) is 0. The maximum absolute atomic E-state index is 12.8. The molecule has 6 nitrogen and oxygen atoms in total. The number of nitrogens with one attached hydrogen (secondary N) is 1. The van der Waals surface area contributed by atoms with Crippen molar-refractivity contribution in [1.82, 2.24) is 25.0 Å². The second kappa shape index (κ2) is 7.44. The normalized spacial score (nSPS) is 23.6. The highest BCUT2D eigenvalue weighted by Crippen LogP contribution is 2.32. The van der Waals surface area contributed by atoms with Crippen LogP contribution >= 0.6 is 0 Å². The van der Waals surface area contributed by atoms with E-state index in [1.54, 1.807) is 0 Å². The van der Waals surface area contributed by atoms with Crippen LogP contribution in [-0.2, 0) is 17.9 Å². The summed E-state index contributed by atoms with van der Waals surface area (Å²) in [6.07, 6.45) is 8.49. The van der Waals surface area contributed by atoms with Gasteiger partial charge in [-0.3, -0.25) is 4.79 Å². The Morgan fingerprint density at radius 3 is 2.68 bits per heavy atom. The van der Waals surface area contributed by atoms with Crippen LogP contribution in [0.15, 0.2) is 0 Å². The number of aromatic nitrogens is 3. The van der Waals surface area contributed by atoms with Crippen LogP contribution < -0.4 is 5.32 Å². The van der Waals surface area contributed by atoms with Crippen LogP contribution in [0, 0.1) is 11.8 Å². The SMILES string of the molecule is CC(CC1CCCC1)C(=O)N1CCC(c2nnc3n2CCNC3)CC1. The zero-order chi connectivity index (χ0) is 17.2. The summed E-state index contributed by atoms with van der Waals surface area (Å²) in [5, 5.41) is 12.2. The molecule has 6 heteroatoms. The Labute approximate surface area is 150 Å². The Morgan fingerprint density at radius 1 is 1.16 bits per heavy atom. The van der Waals surface area contributed by atoms with Crippen molar-refractivity contribution in [3.63, 3.8) is 0 Å². The highest BCUT2D eigenvalue weighted by atomic mass is 16.2. The van der Waals surface area contributed by atoms with E-state index in [1.165, 1.54) is 25.7 Å². The molecule has 1 unspecified atom stereocenters. The number of fused-ring (bicyclic) bond motifs is 1. The molecule has 0 aromatic carbocycles. The fourth-order valence-corrected chi connectivity index (χ4v) is 4.93. The lowest BCUT2D eigenvalue weighted by atomic mass is 9.91. The molecule has 138 valence electrons. The molecular formula is C19H31N5O. The molecule has 1 aromatic heterocycles. The minimum atomic E-state index is 0.187. The van der Waals surface area contributed by atoms with Gasteiger partial charge in [0.05, 0.1) is 6.54 Å². The molecular weight excluding hydrogens is 314 g/mol. The van der Waals surface area contributed by atoms with E-state index in [4.69, 9.17) is 0 Å². The van der Waals surface area contributed by atoms with Crippen LogP contribution in [0.3, 0.4) is 0 Å². The zero-order valence-corrected chi connectivity index (χ0v) is 15.4. The number of hydrogen-bond donors (Lipinski definition) is 1. The fourth-order valence-electron chi connectivity index (χ4n) is 4.93. The number of piperidine rings is 1. The summed E-state index contributed by atoms with van der Waals surface area (Å²) in [5.74, 6) is 4.00. The lowest BCUT2D eigenvalue weighted by molar-refractivity contribution is -0.136. The average Bonchev–Trinajstić information content (AvgIpc) is 3.31. The third-order valence-electron chi connectivity index (χ3n) is 6.41. The highest BCUT2D eigenvalue weighted by molar-refractivity contribution is 5.78. The van der Waals surface area contributed by atoms with Crippen molar-refractivity contribution in [2.75, 3.05) is 19.6 Å². The predicted molar refractivity (Wildman–Crippen MR) is 96.0 cm³/mol. The first kappa shape index (κ1) is 17.0. The number of rotatable bonds is 4. The maximum atomic E-state index is 12.8. The van der Waals surface area contributed by atoms with Gasteiger partial charge in [-0.05, 0) is 25.2 Å². The van der Waals surface area contributed by atoms with Gasteiger partial charge < -0.3 is 14.8 Å². The van der Waals surface area contributed by atoms with Crippen molar-refractivity contribution in [3.05, 3.63) is 11.6 Å². The van der Waals surface area contributed by atoms with Crippen molar-refractivity contribution in [2.45, 2.75) is 70.9 Å². The number of likely N-dealkylation sites (tertiary alicyclic amines) is 1. The molecule has 25 heavy (non-hydrogen) atoms. The Morgan fingerprint density at radius 2 is 1.92 bits per heavy atom. The molecule has 0 spiro atoms. The number of amides is 1. The van der Waals surface area contributed by atoms with E-state index >= 15 is 0 Å². The van der Waals surface area contributed by atoms with E-state index in [2.05, 4.69) is 31.9 Å². The van der Waals surface area contributed by atoms with Gasteiger partial charge in [-0.1, -0.05) is 32.6 Å². The number of hydrogen-bond acceptors (Lipinski definition) is 4. The van der Waals surface area contributed by atoms with Gasteiger partial charge in [-0.25, -0.2) is 0 Å². The summed E-state index contributed by atoms with van der Waals surface area (Å²) in [6.45, 7) is 6.67. The van der Waals surface area contributed by atoms with E-state index in [0.717, 1.165) is 69.6 Å². The third-order valence-corrected chi connectivity index (χ3v) is 6.41. The summed E-state index contributed by atoms with van der Waals surface area (Å²) < 4.78 is 2.29. The molecule has 1 saturated carbocycles. The maximum Gasteiger partial charge on any atom is 0.225 e. The van der Waals surface area contributed by atoms with Crippen molar-refractivity contribution >= 4 is 5.91 Å². The van der Waals surface area contributed by atoms with E-state index < -0.39 is 0 Å². The van der Waals surface area contributed by atoms with Gasteiger partial charge in [-0.2, -0.15) is 0 Å². The molecule has 2 fully saturated rings. The first-order chi connectivity index (χ1) is 12.2. The largest absolute Gasteiger partial charge is 0.342 e. The van der Waals surface area contributed by atoms with Gasteiger partial charge in [0.15, 0.2) is 0 Å². The molecule has 1 aliphatic carbocycles. The first-order valence-electron chi connectivity index (χ1n) is 10.1. The summed E-state index contributed by atoms with van der Waals surface area (Å²) in [4.78, 5) is 14.9. The van der Waals surface area contributed by atoms with Crippen LogP contribution in [0.2, 0.25) is 0 Å². The molecule has 1 atom stereocenters. The van der Waals surface area contributed by atoms with Gasteiger partial charge in [0.1, 0.15) is 11.6 Å². The zero-order valence-electron chi connectivity index (χ0n) is 15.4. The van der Waals surface area contributed by atoms with E-state index in [9.17, 15) is 4.79 Å². The fraction of sp³-hybridized carbons (Fsp3) is 0.842. The Balaban J connectivity index is 1.32. The van der Waals surface area contributed by atoms with E-state index in [1.807, 2.05) is 0 Å². The highest BCUT2D eigenvalue weighted by Gasteiger charge is 2.31. The van der Waals surface area contributed by atoms with Gasteiger partial charge in [0.2, 0.25) is 5.91 Å². The number of carbonyl (C=O) groups is 1. The average molecular weight is 345 g/mol. The molecule has 1 aromatic rings. The third kappa shape index (κ3) is 3.59. The van der Waals surface area contributed by atoms with Crippen LogP contribution in [0.5, 0.6) is 0 Å². The minimum absolute atomic E-state index is 0.187. The lowest BCUT2D eigenvalue weighted by Gasteiger charge is -2.34. The minimum Gasteiger partial charge on any atom is -0.342 e. The van der Waals surface area contributed by atoms with Crippen LogP contribution in [-0.4, -0.2) is 45.2 Å². The molecule has 1 amide bonds. The molecule has 1 saturated heterocycles. The molecule has 3 aliphatic rings. The molecule has 1 N–H and O–H groups in total. The van der Waals surface area contributed by atoms with E-state index in [-0.39, 0.29) is 5.92 Å². The van der Waals surface area contributed by atoms with Crippen molar-refractivity contribution in [1.29, 1.82) is 0 Å². The second-order valence-electron chi connectivity index (χ2n) is 8.19.